The first kappa shape index (κ1) is 37.6. The quantitative estimate of drug-likeness (QED) is 0.0939. The van der Waals surface area contributed by atoms with Crippen molar-refractivity contribution in [3.63, 3.8) is 0 Å². The van der Waals surface area contributed by atoms with E-state index in [0.717, 1.165) is 155 Å². The number of benzene rings is 13. The third-order valence-corrected chi connectivity index (χ3v) is 14.8. The van der Waals surface area contributed by atoms with Crippen molar-refractivity contribution in [3.05, 3.63) is 217 Å². The smallest absolute Gasteiger partial charge is 0.126 e. The number of hydrogen-bond acceptors (Lipinski definition) is 0. The van der Waals surface area contributed by atoms with E-state index in [9.17, 15) is 0 Å². The van der Waals surface area contributed by atoms with Gasteiger partial charge in [0.15, 0.2) is 0 Å². The van der Waals surface area contributed by atoms with Crippen molar-refractivity contribution in [3.8, 4) is 89.0 Å². The Hall–Kier alpha value is -8.60. The van der Waals surface area contributed by atoms with E-state index in [2.05, 4.69) is 121 Å². The molecule has 0 amide bonds. The minimum absolute atomic E-state index is 0.489. The van der Waals surface area contributed by atoms with Gasteiger partial charge >= 0.3 is 0 Å². The molecule has 0 nitrogen and oxygen atoms in total. The van der Waals surface area contributed by atoms with Gasteiger partial charge in [0.2, 0.25) is 0 Å². The molecule has 0 spiro atoms. The SMILES string of the molecule is Fc1cc(F)cc(-c2c3c(c(-c4ccccc4)c4ccccc24)-c2ccc4c5ccc6c7c(ccc(c8ccc-3c2c48)c75)-c2c-6c(-c3ccccc3)c3ccccc3c2-c2cc(F)cc(F)c2)c1. The Labute approximate surface area is 386 Å². The van der Waals surface area contributed by atoms with E-state index >= 15 is 17.6 Å². The Morgan fingerprint density at radius 3 is 0.750 bits per heavy atom. The lowest BCUT2D eigenvalue weighted by molar-refractivity contribution is 0.583. The van der Waals surface area contributed by atoms with Gasteiger partial charge in [0, 0.05) is 12.1 Å². The topological polar surface area (TPSA) is 0 Å². The fourth-order valence-corrected chi connectivity index (χ4v) is 12.5. The Kier molecular flexibility index (Phi) is 7.46. The first-order chi connectivity index (χ1) is 33.4. The molecule has 13 aromatic carbocycles. The van der Waals surface area contributed by atoms with Crippen LogP contribution in [-0.2, 0) is 0 Å². The summed E-state index contributed by atoms with van der Waals surface area (Å²) in [5.74, 6) is -2.50. The van der Waals surface area contributed by atoms with E-state index in [4.69, 9.17) is 0 Å². The summed E-state index contributed by atoms with van der Waals surface area (Å²) in [4.78, 5) is 0. The second-order valence-corrected chi connectivity index (χ2v) is 18.3. The number of halogens is 4. The van der Waals surface area contributed by atoms with Crippen molar-refractivity contribution in [1.82, 2.24) is 0 Å². The lowest BCUT2D eigenvalue weighted by atomic mass is 9.82. The zero-order chi connectivity index (χ0) is 45.1. The maximum absolute atomic E-state index is 15.3. The van der Waals surface area contributed by atoms with Crippen LogP contribution in [0.15, 0.2) is 194 Å². The molecule has 0 saturated carbocycles. The van der Waals surface area contributed by atoms with Gasteiger partial charge < -0.3 is 0 Å². The summed E-state index contributed by atoms with van der Waals surface area (Å²) in [5, 5.41) is 12.7. The average molecular weight is 877 g/mol. The molecule has 0 saturated heterocycles. The van der Waals surface area contributed by atoms with Crippen LogP contribution in [0.4, 0.5) is 17.6 Å². The van der Waals surface area contributed by atoms with Crippen molar-refractivity contribution >= 4 is 64.6 Å². The van der Waals surface area contributed by atoms with Crippen LogP contribution in [-0.4, -0.2) is 0 Å². The van der Waals surface area contributed by atoms with Gasteiger partial charge in [-0.1, -0.05) is 158 Å². The van der Waals surface area contributed by atoms with Crippen LogP contribution in [0, 0.1) is 23.3 Å². The lowest BCUT2D eigenvalue weighted by Gasteiger charge is -2.20. The molecule has 68 heavy (non-hydrogen) atoms. The second-order valence-electron chi connectivity index (χ2n) is 18.3. The van der Waals surface area contributed by atoms with Crippen LogP contribution in [0.3, 0.4) is 0 Å². The minimum atomic E-state index is -0.625. The Bertz CT molecular complexity index is 4050. The lowest BCUT2D eigenvalue weighted by Crippen LogP contribution is -1.94. The molecule has 0 aromatic heterocycles. The summed E-state index contributed by atoms with van der Waals surface area (Å²) in [5.41, 5.74) is 15.1. The molecule has 0 atom stereocenters. The van der Waals surface area contributed by atoms with Crippen molar-refractivity contribution in [2.24, 2.45) is 0 Å². The summed E-state index contributed by atoms with van der Waals surface area (Å²) in [7, 11) is 0. The fraction of sp³-hybridized carbons (Fsp3) is 0. The highest BCUT2D eigenvalue weighted by molar-refractivity contribution is 6.42. The monoisotopic (exact) mass is 876 g/mol. The summed E-state index contributed by atoms with van der Waals surface area (Å²) in [6.45, 7) is 0. The Balaban J connectivity index is 1.08. The van der Waals surface area contributed by atoms with E-state index in [1.807, 2.05) is 36.4 Å². The highest BCUT2D eigenvalue weighted by Crippen LogP contribution is 2.63. The molecule has 0 fully saturated rings. The van der Waals surface area contributed by atoms with Crippen LogP contribution < -0.4 is 0 Å². The van der Waals surface area contributed by atoms with Crippen molar-refractivity contribution in [2.45, 2.75) is 0 Å². The van der Waals surface area contributed by atoms with E-state index in [-0.39, 0.29) is 0 Å². The minimum Gasteiger partial charge on any atom is -0.207 e. The summed E-state index contributed by atoms with van der Waals surface area (Å²) in [6, 6.07) is 62.8. The molecule has 13 aromatic rings. The van der Waals surface area contributed by atoms with E-state index in [1.54, 1.807) is 0 Å². The average Bonchev–Trinajstić information content (AvgIpc) is 3.87. The van der Waals surface area contributed by atoms with Gasteiger partial charge in [0.05, 0.1) is 0 Å². The highest BCUT2D eigenvalue weighted by atomic mass is 19.1. The first-order valence-electron chi connectivity index (χ1n) is 22.8. The highest BCUT2D eigenvalue weighted by Gasteiger charge is 2.35. The molecule has 4 heteroatoms. The maximum atomic E-state index is 15.3. The summed E-state index contributed by atoms with van der Waals surface area (Å²) in [6.07, 6.45) is 0. The van der Waals surface area contributed by atoms with Gasteiger partial charge in [-0.15, -0.1) is 0 Å². The molecule has 2 aliphatic carbocycles. The molecule has 15 rings (SSSR count). The van der Waals surface area contributed by atoms with E-state index in [0.29, 0.717) is 11.1 Å². The molecule has 316 valence electrons. The van der Waals surface area contributed by atoms with Gasteiger partial charge in [-0.3, -0.25) is 0 Å². The van der Waals surface area contributed by atoms with Crippen molar-refractivity contribution < 1.29 is 17.6 Å². The molecular weight excluding hydrogens is 845 g/mol. The number of hydrogen-bond donors (Lipinski definition) is 0. The third kappa shape index (κ3) is 4.88. The van der Waals surface area contributed by atoms with Crippen LogP contribution in [0.1, 0.15) is 0 Å². The predicted octanol–water partition coefficient (Wildman–Crippen LogP) is 18.6. The molecule has 0 bridgehead atoms. The fourth-order valence-electron chi connectivity index (χ4n) is 12.5. The number of fused-ring (bicyclic) bond motifs is 10. The van der Waals surface area contributed by atoms with E-state index < -0.39 is 23.3 Å². The first-order valence-corrected chi connectivity index (χ1v) is 22.8. The van der Waals surface area contributed by atoms with E-state index in [1.165, 1.54) is 24.3 Å². The molecule has 0 unspecified atom stereocenters. The molecule has 0 N–H and O–H groups in total. The zero-order valence-electron chi connectivity index (χ0n) is 36.0. The van der Waals surface area contributed by atoms with Crippen LogP contribution >= 0.6 is 0 Å². The molecule has 2 aliphatic rings. The molecule has 0 radical (unpaired) electrons. The molecular formula is C64H32F4. The standard InChI is InChI=1S/C64H32F4/c65-37-27-35(28-38(66)31-37)55-43-17-9-7-15-41(43)53(33-11-3-1-4-12-33)61-49-23-19-45-46-20-24-50-60-52(26-22-48(58(46)60)47-21-25-51(63(55)61)59(49)57(45)47)64-56(36-29-39(67)32-40(68)30-36)44-18-10-8-16-42(44)54(62(50)64)34-13-5-2-6-14-34/h1-32H. The maximum Gasteiger partial charge on any atom is 0.126 e. The van der Waals surface area contributed by atoms with Gasteiger partial charge in [0.1, 0.15) is 23.3 Å². The van der Waals surface area contributed by atoms with Crippen LogP contribution in [0.5, 0.6) is 0 Å². The number of rotatable bonds is 4. The van der Waals surface area contributed by atoms with Gasteiger partial charge in [0.25, 0.3) is 0 Å². The predicted molar refractivity (Wildman–Crippen MR) is 273 cm³/mol. The largest absolute Gasteiger partial charge is 0.207 e. The zero-order valence-corrected chi connectivity index (χ0v) is 36.0. The summed E-state index contributed by atoms with van der Waals surface area (Å²) < 4.78 is 61.2. The Morgan fingerprint density at radius 1 is 0.191 bits per heavy atom. The van der Waals surface area contributed by atoms with Crippen LogP contribution in [0.25, 0.3) is 154 Å². The van der Waals surface area contributed by atoms with Crippen LogP contribution in [0.2, 0.25) is 0 Å². The Morgan fingerprint density at radius 2 is 0.456 bits per heavy atom. The van der Waals surface area contributed by atoms with Crippen molar-refractivity contribution in [2.75, 3.05) is 0 Å². The van der Waals surface area contributed by atoms with Crippen molar-refractivity contribution in [1.29, 1.82) is 0 Å². The second kappa shape index (κ2) is 13.5. The van der Waals surface area contributed by atoms with Gasteiger partial charge in [-0.2, -0.15) is 0 Å². The van der Waals surface area contributed by atoms with Gasteiger partial charge in [-0.25, -0.2) is 17.6 Å². The molecule has 0 heterocycles. The molecule has 0 aliphatic heterocycles. The third-order valence-electron chi connectivity index (χ3n) is 14.8. The normalized spacial score (nSPS) is 12.4. The van der Waals surface area contributed by atoms with Gasteiger partial charge in [-0.05, 0) is 178 Å². The summed E-state index contributed by atoms with van der Waals surface area (Å²) >= 11 is 0.